The van der Waals surface area contributed by atoms with Crippen LogP contribution in [0.15, 0.2) is 48.5 Å². The molecule has 2 aromatic rings. The molecule has 0 fully saturated rings. The van der Waals surface area contributed by atoms with E-state index < -0.39 is 0 Å². The molecule has 0 heterocycles. The number of anilines is 1. The third kappa shape index (κ3) is 3.37. The lowest BCUT2D eigenvalue weighted by molar-refractivity contribution is -0.118. The second kappa shape index (κ2) is 6.35. The summed E-state index contributed by atoms with van der Waals surface area (Å²) in [6, 6.07) is 15.4. The van der Waals surface area contributed by atoms with Gasteiger partial charge in [0.1, 0.15) is 0 Å². The number of hydrogen-bond donors (Lipinski definition) is 0. The predicted octanol–water partition coefficient (Wildman–Crippen LogP) is 3.93. The number of benzene rings is 2. The minimum absolute atomic E-state index is 0.0663. The first-order chi connectivity index (χ1) is 10.0. The van der Waals surface area contributed by atoms with Crippen molar-refractivity contribution < 1.29 is 9.59 Å². The second-order valence-electron chi connectivity index (χ2n) is 4.99. The van der Waals surface area contributed by atoms with Crippen LogP contribution in [-0.2, 0) is 4.79 Å². The highest BCUT2D eigenvalue weighted by Crippen LogP contribution is 2.23. The van der Waals surface area contributed by atoms with Crippen LogP contribution < -0.4 is 4.90 Å². The summed E-state index contributed by atoms with van der Waals surface area (Å²) in [5.41, 5.74) is 3.71. The van der Waals surface area contributed by atoms with Gasteiger partial charge in [0.05, 0.1) is 0 Å². The molecule has 2 aromatic carbocycles. The summed E-state index contributed by atoms with van der Waals surface area (Å²) in [7, 11) is 1.78. The van der Waals surface area contributed by atoms with E-state index in [0.717, 1.165) is 16.8 Å². The number of carbonyl (C=O) groups is 2. The Morgan fingerprint density at radius 3 is 1.81 bits per heavy atom. The molecule has 3 heteroatoms. The maximum absolute atomic E-state index is 11.7. The van der Waals surface area contributed by atoms with Gasteiger partial charge in [-0.15, -0.1) is 0 Å². The van der Waals surface area contributed by atoms with E-state index in [1.165, 1.54) is 0 Å². The molecule has 0 saturated carbocycles. The van der Waals surface area contributed by atoms with E-state index in [0.29, 0.717) is 12.0 Å². The molecule has 0 unspecified atom stereocenters. The van der Waals surface area contributed by atoms with Gasteiger partial charge in [-0.2, -0.15) is 0 Å². The fraction of sp³-hybridized carbons (Fsp3) is 0.222. The van der Waals surface area contributed by atoms with E-state index in [-0.39, 0.29) is 11.7 Å². The number of Topliss-reactive ketones (excluding diaryl/α,β-unsaturated/α-hetero) is 1. The molecule has 2 rings (SSSR count). The smallest absolute Gasteiger partial charge is 0.226 e. The summed E-state index contributed by atoms with van der Waals surface area (Å²) in [6.45, 7) is 3.41. The van der Waals surface area contributed by atoms with Crippen LogP contribution in [0.4, 0.5) is 5.69 Å². The Kier molecular flexibility index (Phi) is 4.53. The van der Waals surface area contributed by atoms with Crippen molar-refractivity contribution in [3.8, 4) is 11.1 Å². The van der Waals surface area contributed by atoms with Crippen molar-refractivity contribution in [2.24, 2.45) is 0 Å². The van der Waals surface area contributed by atoms with Gasteiger partial charge in [0.15, 0.2) is 5.78 Å². The van der Waals surface area contributed by atoms with E-state index >= 15 is 0 Å². The topological polar surface area (TPSA) is 37.4 Å². The molecule has 0 spiro atoms. The Morgan fingerprint density at radius 1 is 0.905 bits per heavy atom. The van der Waals surface area contributed by atoms with Gasteiger partial charge in [0.2, 0.25) is 5.91 Å². The van der Waals surface area contributed by atoms with E-state index in [1.54, 1.807) is 18.9 Å². The van der Waals surface area contributed by atoms with Crippen LogP contribution in [-0.4, -0.2) is 18.7 Å². The number of amides is 1. The van der Waals surface area contributed by atoms with Crippen molar-refractivity contribution in [2.75, 3.05) is 11.9 Å². The SMILES string of the molecule is CCC(=O)N(C)c1ccc(-c2ccc(C(C)=O)cc2)cc1. The van der Waals surface area contributed by atoms with Crippen molar-refractivity contribution in [1.82, 2.24) is 0 Å². The first kappa shape index (κ1) is 15.0. The standard InChI is InChI=1S/C18H19NO2/c1-4-18(21)19(3)17-11-9-16(10-12-17)15-7-5-14(6-8-15)13(2)20/h5-12H,4H2,1-3H3. The van der Waals surface area contributed by atoms with Gasteiger partial charge in [-0.05, 0) is 30.2 Å². The Morgan fingerprint density at radius 2 is 1.38 bits per heavy atom. The average molecular weight is 281 g/mol. The number of carbonyl (C=O) groups excluding carboxylic acids is 2. The van der Waals surface area contributed by atoms with Crippen LogP contribution in [0.25, 0.3) is 11.1 Å². The summed E-state index contributed by atoms with van der Waals surface area (Å²) >= 11 is 0. The number of ketones is 1. The van der Waals surface area contributed by atoms with Gasteiger partial charge in [-0.25, -0.2) is 0 Å². The lowest BCUT2D eigenvalue weighted by Gasteiger charge is -2.16. The number of nitrogens with zero attached hydrogens (tertiary/aromatic N) is 1. The van der Waals surface area contributed by atoms with Crippen molar-refractivity contribution >= 4 is 17.4 Å². The van der Waals surface area contributed by atoms with E-state index in [4.69, 9.17) is 0 Å². The normalized spacial score (nSPS) is 10.2. The van der Waals surface area contributed by atoms with Gasteiger partial charge < -0.3 is 4.90 Å². The number of rotatable bonds is 4. The van der Waals surface area contributed by atoms with Crippen LogP contribution in [0.2, 0.25) is 0 Å². The lowest BCUT2D eigenvalue weighted by Crippen LogP contribution is -2.24. The first-order valence-electron chi connectivity index (χ1n) is 7.01. The van der Waals surface area contributed by atoms with Crippen molar-refractivity contribution in [3.63, 3.8) is 0 Å². The van der Waals surface area contributed by atoms with E-state index in [1.807, 2.05) is 55.5 Å². The molecular weight excluding hydrogens is 262 g/mol. The van der Waals surface area contributed by atoms with Crippen LogP contribution in [0.5, 0.6) is 0 Å². The van der Waals surface area contributed by atoms with Gasteiger partial charge in [-0.1, -0.05) is 43.3 Å². The summed E-state index contributed by atoms with van der Waals surface area (Å²) < 4.78 is 0. The molecule has 0 atom stereocenters. The van der Waals surface area contributed by atoms with Crippen LogP contribution in [0.3, 0.4) is 0 Å². The van der Waals surface area contributed by atoms with Crippen LogP contribution in [0.1, 0.15) is 30.6 Å². The van der Waals surface area contributed by atoms with Gasteiger partial charge >= 0.3 is 0 Å². The minimum Gasteiger partial charge on any atom is -0.316 e. The van der Waals surface area contributed by atoms with Crippen LogP contribution >= 0.6 is 0 Å². The Balaban J connectivity index is 2.22. The molecule has 0 aliphatic heterocycles. The zero-order valence-electron chi connectivity index (χ0n) is 12.6. The molecule has 0 aliphatic rings. The fourth-order valence-corrected chi connectivity index (χ4v) is 2.16. The Bertz CT molecular complexity index is 642. The maximum Gasteiger partial charge on any atom is 0.226 e. The molecular formula is C18H19NO2. The highest BCUT2D eigenvalue weighted by Gasteiger charge is 2.08. The van der Waals surface area contributed by atoms with Crippen LogP contribution in [0, 0.1) is 0 Å². The Labute approximate surface area is 125 Å². The minimum atomic E-state index is 0.0663. The highest BCUT2D eigenvalue weighted by molar-refractivity contribution is 5.94. The summed E-state index contributed by atoms with van der Waals surface area (Å²) in [5.74, 6) is 0.158. The first-order valence-corrected chi connectivity index (χ1v) is 7.01. The average Bonchev–Trinajstić information content (AvgIpc) is 2.53. The predicted molar refractivity (Wildman–Crippen MR) is 85.6 cm³/mol. The molecule has 108 valence electrons. The Hall–Kier alpha value is -2.42. The zero-order valence-corrected chi connectivity index (χ0v) is 12.6. The molecule has 3 nitrogen and oxygen atoms in total. The molecule has 0 radical (unpaired) electrons. The van der Waals surface area contributed by atoms with Gasteiger partial charge in [0, 0.05) is 24.7 Å². The highest BCUT2D eigenvalue weighted by atomic mass is 16.2. The molecule has 0 bridgehead atoms. The van der Waals surface area contributed by atoms with Gasteiger partial charge in [0.25, 0.3) is 0 Å². The molecule has 0 aliphatic carbocycles. The number of hydrogen-bond acceptors (Lipinski definition) is 2. The third-order valence-electron chi connectivity index (χ3n) is 3.56. The molecule has 0 N–H and O–H groups in total. The fourth-order valence-electron chi connectivity index (χ4n) is 2.16. The van der Waals surface area contributed by atoms with E-state index in [2.05, 4.69) is 0 Å². The zero-order chi connectivity index (χ0) is 15.4. The molecule has 0 aromatic heterocycles. The molecule has 0 saturated heterocycles. The largest absolute Gasteiger partial charge is 0.316 e. The van der Waals surface area contributed by atoms with Crippen molar-refractivity contribution in [2.45, 2.75) is 20.3 Å². The summed E-state index contributed by atoms with van der Waals surface area (Å²) in [6.07, 6.45) is 0.491. The third-order valence-corrected chi connectivity index (χ3v) is 3.56. The lowest BCUT2D eigenvalue weighted by atomic mass is 10.0. The van der Waals surface area contributed by atoms with Crippen molar-refractivity contribution in [3.05, 3.63) is 54.1 Å². The monoisotopic (exact) mass is 281 g/mol. The maximum atomic E-state index is 11.7. The molecule has 21 heavy (non-hydrogen) atoms. The summed E-state index contributed by atoms with van der Waals surface area (Å²) in [4.78, 5) is 24.6. The van der Waals surface area contributed by atoms with Crippen molar-refractivity contribution in [1.29, 1.82) is 0 Å². The summed E-state index contributed by atoms with van der Waals surface area (Å²) in [5, 5.41) is 0. The molecule has 1 amide bonds. The van der Waals surface area contributed by atoms with Gasteiger partial charge in [-0.3, -0.25) is 9.59 Å². The van der Waals surface area contributed by atoms with E-state index in [9.17, 15) is 9.59 Å². The second-order valence-corrected chi connectivity index (χ2v) is 4.99. The quantitative estimate of drug-likeness (QED) is 0.796.